The summed E-state index contributed by atoms with van der Waals surface area (Å²) in [5.41, 5.74) is 0.505. The number of anilines is 1. The van der Waals surface area contributed by atoms with Crippen LogP contribution in [0.15, 0.2) is 4.42 Å². The van der Waals surface area contributed by atoms with E-state index in [0.29, 0.717) is 23.9 Å². The molecule has 0 bridgehead atoms. The van der Waals surface area contributed by atoms with Gasteiger partial charge in [-0.2, -0.15) is 0 Å². The molecule has 0 aliphatic heterocycles. The Morgan fingerprint density at radius 3 is 2.76 bits per heavy atom. The van der Waals surface area contributed by atoms with Gasteiger partial charge in [-0.3, -0.25) is 0 Å². The van der Waals surface area contributed by atoms with Crippen LogP contribution in [-0.4, -0.2) is 23.3 Å². The van der Waals surface area contributed by atoms with Crippen molar-refractivity contribution in [1.82, 2.24) is 15.5 Å². The third kappa shape index (κ3) is 3.43. The van der Waals surface area contributed by atoms with E-state index in [1.165, 1.54) is 25.7 Å². The summed E-state index contributed by atoms with van der Waals surface area (Å²) in [5, 5.41) is 14.4. The fourth-order valence-corrected chi connectivity index (χ4v) is 2.11. The number of hydrogen-bond donors (Lipinski definition) is 2. The molecule has 17 heavy (non-hydrogen) atoms. The normalized spacial score (nSPS) is 17.1. The molecule has 5 nitrogen and oxygen atoms in total. The van der Waals surface area contributed by atoms with Crippen molar-refractivity contribution in [2.24, 2.45) is 5.41 Å². The minimum atomic E-state index is 0.505. The SMILES string of the molecule is CCCC1(CNc2nnc(CNCC)o2)CC1. The Hall–Kier alpha value is -1.10. The molecule has 2 rings (SSSR count). The van der Waals surface area contributed by atoms with Crippen molar-refractivity contribution in [1.29, 1.82) is 0 Å². The smallest absolute Gasteiger partial charge is 0.315 e. The first-order valence-corrected chi connectivity index (χ1v) is 6.55. The summed E-state index contributed by atoms with van der Waals surface area (Å²) in [6.45, 7) is 6.80. The Morgan fingerprint density at radius 1 is 1.29 bits per heavy atom. The topological polar surface area (TPSA) is 63.0 Å². The Labute approximate surface area is 102 Å². The number of nitrogens with one attached hydrogen (secondary N) is 2. The lowest BCUT2D eigenvalue weighted by Crippen LogP contribution is -2.15. The number of rotatable bonds is 8. The first kappa shape index (κ1) is 12.4. The second kappa shape index (κ2) is 5.49. The van der Waals surface area contributed by atoms with Crippen molar-refractivity contribution in [2.45, 2.75) is 46.1 Å². The van der Waals surface area contributed by atoms with Crippen LogP contribution in [-0.2, 0) is 6.54 Å². The van der Waals surface area contributed by atoms with Crippen LogP contribution in [0.25, 0.3) is 0 Å². The lowest BCUT2D eigenvalue weighted by Gasteiger charge is -2.12. The molecule has 5 heteroatoms. The van der Waals surface area contributed by atoms with E-state index in [4.69, 9.17) is 4.42 Å². The van der Waals surface area contributed by atoms with Crippen LogP contribution in [0.3, 0.4) is 0 Å². The van der Waals surface area contributed by atoms with Gasteiger partial charge in [-0.1, -0.05) is 25.4 Å². The van der Waals surface area contributed by atoms with Crippen molar-refractivity contribution in [3.8, 4) is 0 Å². The summed E-state index contributed by atoms with van der Waals surface area (Å²) in [6.07, 6.45) is 5.19. The number of hydrogen-bond acceptors (Lipinski definition) is 5. The van der Waals surface area contributed by atoms with Gasteiger partial charge < -0.3 is 15.1 Å². The molecule has 1 heterocycles. The van der Waals surface area contributed by atoms with Gasteiger partial charge in [-0.15, -0.1) is 5.10 Å². The number of aromatic nitrogens is 2. The van der Waals surface area contributed by atoms with Gasteiger partial charge in [0.1, 0.15) is 0 Å². The second-order valence-electron chi connectivity index (χ2n) is 4.88. The van der Waals surface area contributed by atoms with Crippen LogP contribution >= 0.6 is 0 Å². The van der Waals surface area contributed by atoms with Gasteiger partial charge in [0.2, 0.25) is 5.89 Å². The van der Waals surface area contributed by atoms with Gasteiger partial charge >= 0.3 is 6.01 Å². The largest absolute Gasteiger partial charge is 0.407 e. The molecule has 0 atom stereocenters. The van der Waals surface area contributed by atoms with E-state index in [-0.39, 0.29) is 0 Å². The second-order valence-corrected chi connectivity index (χ2v) is 4.88. The molecular weight excluding hydrogens is 216 g/mol. The Balaban J connectivity index is 1.77. The lowest BCUT2D eigenvalue weighted by atomic mass is 10.0. The molecule has 1 fully saturated rings. The average Bonchev–Trinajstić information content (AvgIpc) is 2.95. The molecular formula is C12H22N4O. The lowest BCUT2D eigenvalue weighted by molar-refractivity contribution is 0.456. The summed E-state index contributed by atoms with van der Waals surface area (Å²) in [4.78, 5) is 0. The van der Waals surface area contributed by atoms with E-state index in [2.05, 4.69) is 34.7 Å². The highest BCUT2D eigenvalue weighted by Crippen LogP contribution is 2.49. The zero-order valence-corrected chi connectivity index (χ0v) is 10.8. The van der Waals surface area contributed by atoms with Crippen molar-refractivity contribution >= 4 is 6.01 Å². The highest BCUT2D eigenvalue weighted by atomic mass is 16.4. The van der Waals surface area contributed by atoms with Crippen LogP contribution in [0.4, 0.5) is 6.01 Å². The fraction of sp³-hybridized carbons (Fsp3) is 0.833. The molecule has 0 amide bonds. The molecule has 1 aliphatic carbocycles. The van der Waals surface area contributed by atoms with E-state index in [1.807, 2.05) is 0 Å². The third-order valence-corrected chi connectivity index (χ3v) is 3.35. The zero-order valence-electron chi connectivity index (χ0n) is 10.8. The van der Waals surface area contributed by atoms with Gasteiger partial charge in [0, 0.05) is 6.54 Å². The molecule has 2 N–H and O–H groups in total. The van der Waals surface area contributed by atoms with Crippen LogP contribution in [0, 0.1) is 5.41 Å². The molecule has 0 radical (unpaired) electrons. The van der Waals surface area contributed by atoms with Gasteiger partial charge in [0.25, 0.3) is 0 Å². The minimum absolute atomic E-state index is 0.505. The van der Waals surface area contributed by atoms with Crippen LogP contribution in [0.5, 0.6) is 0 Å². The highest BCUT2D eigenvalue weighted by molar-refractivity contribution is 5.19. The maximum absolute atomic E-state index is 5.49. The minimum Gasteiger partial charge on any atom is -0.407 e. The van der Waals surface area contributed by atoms with Crippen LogP contribution in [0.2, 0.25) is 0 Å². The zero-order chi connectivity index (χ0) is 12.1. The molecule has 96 valence electrons. The molecule has 1 aromatic rings. The van der Waals surface area contributed by atoms with Gasteiger partial charge in [-0.25, -0.2) is 0 Å². The predicted molar refractivity (Wildman–Crippen MR) is 66.7 cm³/mol. The first-order chi connectivity index (χ1) is 8.28. The van der Waals surface area contributed by atoms with Crippen molar-refractivity contribution in [3.05, 3.63) is 5.89 Å². The Bertz CT molecular complexity index is 346. The third-order valence-electron chi connectivity index (χ3n) is 3.35. The Morgan fingerprint density at radius 2 is 2.12 bits per heavy atom. The highest BCUT2D eigenvalue weighted by Gasteiger charge is 2.41. The van der Waals surface area contributed by atoms with Crippen molar-refractivity contribution in [2.75, 3.05) is 18.4 Å². The summed E-state index contributed by atoms with van der Waals surface area (Å²) in [7, 11) is 0. The maximum atomic E-state index is 5.49. The van der Waals surface area contributed by atoms with Gasteiger partial charge in [0.05, 0.1) is 6.54 Å². The van der Waals surface area contributed by atoms with E-state index < -0.39 is 0 Å². The molecule has 0 spiro atoms. The summed E-state index contributed by atoms with van der Waals surface area (Å²) in [6, 6.07) is 0.556. The summed E-state index contributed by atoms with van der Waals surface area (Å²) in [5.74, 6) is 0.648. The van der Waals surface area contributed by atoms with E-state index in [1.54, 1.807) is 0 Å². The first-order valence-electron chi connectivity index (χ1n) is 6.55. The van der Waals surface area contributed by atoms with E-state index >= 15 is 0 Å². The maximum Gasteiger partial charge on any atom is 0.315 e. The molecule has 1 saturated carbocycles. The Kier molecular flexibility index (Phi) is 3.99. The van der Waals surface area contributed by atoms with Gasteiger partial charge in [-0.05, 0) is 31.2 Å². The molecule has 1 aromatic heterocycles. The predicted octanol–water partition coefficient (Wildman–Crippen LogP) is 2.17. The molecule has 0 aromatic carbocycles. The van der Waals surface area contributed by atoms with E-state index in [0.717, 1.165) is 13.1 Å². The quantitative estimate of drug-likeness (QED) is 0.726. The van der Waals surface area contributed by atoms with Crippen molar-refractivity contribution < 1.29 is 4.42 Å². The monoisotopic (exact) mass is 238 g/mol. The van der Waals surface area contributed by atoms with Crippen LogP contribution < -0.4 is 10.6 Å². The molecule has 0 saturated heterocycles. The number of nitrogens with zero attached hydrogens (tertiary/aromatic N) is 2. The summed E-state index contributed by atoms with van der Waals surface area (Å²) >= 11 is 0. The molecule has 1 aliphatic rings. The van der Waals surface area contributed by atoms with Crippen molar-refractivity contribution in [3.63, 3.8) is 0 Å². The summed E-state index contributed by atoms with van der Waals surface area (Å²) < 4.78 is 5.49. The average molecular weight is 238 g/mol. The van der Waals surface area contributed by atoms with Crippen LogP contribution in [0.1, 0.15) is 45.4 Å². The van der Waals surface area contributed by atoms with Gasteiger partial charge in [0.15, 0.2) is 0 Å². The molecule has 0 unspecified atom stereocenters. The standard InChI is InChI=1S/C12H22N4O/c1-3-5-12(6-7-12)9-14-11-16-15-10(17-11)8-13-4-2/h13H,3-9H2,1-2H3,(H,14,16). The van der Waals surface area contributed by atoms with E-state index in [9.17, 15) is 0 Å². The fourth-order valence-electron chi connectivity index (χ4n) is 2.11.